The van der Waals surface area contributed by atoms with Crippen molar-refractivity contribution in [3.63, 3.8) is 0 Å². The molecule has 0 aromatic heterocycles. The number of para-hydroxylation sites is 1. The lowest BCUT2D eigenvalue weighted by Crippen LogP contribution is -2.12. The van der Waals surface area contributed by atoms with E-state index in [-0.39, 0.29) is 5.92 Å². The van der Waals surface area contributed by atoms with Gasteiger partial charge in [0, 0.05) is 11.5 Å². The molecule has 1 aliphatic heterocycles. The van der Waals surface area contributed by atoms with Gasteiger partial charge in [0.25, 0.3) is 0 Å². The van der Waals surface area contributed by atoms with E-state index in [0.717, 1.165) is 11.3 Å². The summed E-state index contributed by atoms with van der Waals surface area (Å²) in [5, 5.41) is 8.90. The van der Waals surface area contributed by atoms with Gasteiger partial charge in [-0.05, 0) is 12.0 Å². The number of carbonyl (C=O) groups is 1. The van der Waals surface area contributed by atoms with Crippen LogP contribution < -0.4 is 4.74 Å². The van der Waals surface area contributed by atoms with Gasteiger partial charge < -0.3 is 9.84 Å². The van der Waals surface area contributed by atoms with Gasteiger partial charge in [-0.25, -0.2) is 0 Å². The topological polar surface area (TPSA) is 46.5 Å². The Labute approximate surface area is 95.0 Å². The van der Waals surface area contributed by atoms with Crippen LogP contribution in [0.4, 0.5) is 0 Å². The molecule has 2 rings (SSSR count). The van der Waals surface area contributed by atoms with Gasteiger partial charge in [0.15, 0.2) is 0 Å². The van der Waals surface area contributed by atoms with E-state index in [0.29, 0.717) is 18.9 Å². The Bertz CT molecular complexity index is 412. The van der Waals surface area contributed by atoms with Gasteiger partial charge in [0.2, 0.25) is 0 Å². The first-order valence-electron chi connectivity index (χ1n) is 5.57. The molecule has 0 bridgehead atoms. The molecule has 0 radical (unpaired) electrons. The second kappa shape index (κ2) is 4.16. The van der Waals surface area contributed by atoms with E-state index < -0.39 is 5.97 Å². The number of benzene rings is 1. The molecule has 3 nitrogen and oxygen atoms in total. The molecule has 0 spiro atoms. The zero-order valence-corrected chi connectivity index (χ0v) is 9.56. The molecule has 1 aliphatic rings. The lowest BCUT2D eigenvalue weighted by Gasteiger charge is -2.10. The second-order valence-corrected chi connectivity index (χ2v) is 4.49. The van der Waals surface area contributed by atoms with Crippen molar-refractivity contribution in [2.45, 2.75) is 26.2 Å². The molecule has 86 valence electrons. The van der Waals surface area contributed by atoms with Crippen molar-refractivity contribution in [1.82, 2.24) is 0 Å². The highest BCUT2D eigenvalue weighted by Crippen LogP contribution is 2.37. The van der Waals surface area contributed by atoms with Crippen molar-refractivity contribution < 1.29 is 14.6 Å². The molecule has 2 atom stereocenters. The minimum atomic E-state index is -0.761. The van der Waals surface area contributed by atoms with Crippen LogP contribution in [0, 0.1) is 5.92 Å². The van der Waals surface area contributed by atoms with E-state index in [1.807, 2.05) is 12.1 Å². The summed E-state index contributed by atoms with van der Waals surface area (Å²) in [5.41, 5.74) is 2.21. The summed E-state index contributed by atoms with van der Waals surface area (Å²) in [6, 6.07) is 5.99. The van der Waals surface area contributed by atoms with Crippen molar-refractivity contribution in [2.75, 3.05) is 6.61 Å². The molecule has 3 heteroatoms. The van der Waals surface area contributed by atoms with Crippen LogP contribution >= 0.6 is 0 Å². The fraction of sp³-hybridized carbons (Fsp3) is 0.462. The first-order chi connectivity index (χ1) is 7.59. The standard InChI is InChI=1S/C13H16O3/c1-8(13(14)15)6-10-4-3-5-11-9(2)7-16-12(10)11/h3-5,8-9H,6-7H2,1-2H3,(H,14,15). The molecular weight excluding hydrogens is 204 g/mol. The minimum absolute atomic E-state index is 0.369. The van der Waals surface area contributed by atoms with Crippen molar-refractivity contribution in [3.8, 4) is 5.75 Å². The highest BCUT2D eigenvalue weighted by molar-refractivity contribution is 5.70. The fourth-order valence-electron chi connectivity index (χ4n) is 2.04. The molecular formula is C13H16O3. The molecule has 0 saturated carbocycles. The van der Waals surface area contributed by atoms with Gasteiger partial charge >= 0.3 is 5.97 Å². The monoisotopic (exact) mass is 220 g/mol. The largest absolute Gasteiger partial charge is 0.492 e. The molecule has 1 aromatic rings. The van der Waals surface area contributed by atoms with Gasteiger partial charge in [-0.2, -0.15) is 0 Å². The van der Waals surface area contributed by atoms with Crippen molar-refractivity contribution in [1.29, 1.82) is 0 Å². The maximum Gasteiger partial charge on any atom is 0.306 e. The first-order valence-corrected chi connectivity index (χ1v) is 5.57. The number of aliphatic carboxylic acids is 1. The lowest BCUT2D eigenvalue weighted by atomic mass is 9.95. The second-order valence-electron chi connectivity index (χ2n) is 4.49. The normalized spacial score (nSPS) is 20.0. The summed E-state index contributed by atoms with van der Waals surface area (Å²) < 4.78 is 5.63. The van der Waals surface area contributed by atoms with Crippen LogP contribution in [0.3, 0.4) is 0 Å². The molecule has 0 aliphatic carbocycles. The first kappa shape index (κ1) is 11.0. The van der Waals surface area contributed by atoms with E-state index in [1.54, 1.807) is 6.92 Å². The maximum atomic E-state index is 10.8. The van der Waals surface area contributed by atoms with Gasteiger partial charge in [-0.15, -0.1) is 0 Å². The molecule has 0 fully saturated rings. The van der Waals surface area contributed by atoms with Crippen LogP contribution in [0.25, 0.3) is 0 Å². The molecule has 0 saturated heterocycles. The summed E-state index contributed by atoms with van der Waals surface area (Å²) in [7, 11) is 0. The summed E-state index contributed by atoms with van der Waals surface area (Å²) in [6.07, 6.45) is 0.533. The van der Waals surface area contributed by atoms with Gasteiger partial charge in [-0.3, -0.25) is 4.79 Å². The third kappa shape index (κ3) is 1.90. The van der Waals surface area contributed by atoms with Crippen molar-refractivity contribution in [3.05, 3.63) is 29.3 Å². The molecule has 2 unspecified atom stereocenters. The molecule has 1 aromatic carbocycles. The summed E-state index contributed by atoms with van der Waals surface area (Å²) in [6.45, 7) is 4.55. The van der Waals surface area contributed by atoms with E-state index in [9.17, 15) is 4.79 Å². The SMILES string of the molecule is CC(Cc1cccc2c1OCC2C)C(=O)O. The van der Waals surface area contributed by atoms with Crippen molar-refractivity contribution in [2.24, 2.45) is 5.92 Å². The Morgan fingerprint density at radius 2 is 2.38 bits per heavy atom. The zero-order chi connectivity index (χ0) is 11.7. The van der Waals surface area contributed by atoms with Gasteiger partial charge in [-0.1, -0.05) is 32.0 Å². The zero-order valence-electron chi connectivity index (χ0n) is 9.56. The Balaban J connectivity index is 2.26. The fourth-order valence-corrected chi connectivity index (χ4v) is 2.04. The molecule has 0 amide bonds. The van der Waals surface area contributed by atoms with Crippen LogP contribution in [0.2, 0.25) is 0 Å². The number of fused-ring (bicyclic) bond motifs is 1. The van der Waals surface area contributed by atoms with Crippen LogP contribution in [-0.4, -0.2) is 17.7 Å². The number of ether oxygens (including phenoxy) is 1. The average molecular weight is 220 g/mol. The van der Waals surface area contributed by atoms with Gasteiger partial charge in [0.05, 0.1) is 12.5 Å². The van der Waals surface area contributed by atoms with Crippen LogP contribution in [-0.2, 0) is 11.2 Å². The molecule has 1 heterocycles. The Hall–Kier alpha value is -1.51. The van der Waals surface area contributed by atoms with E-state index in [4.69, 9.17) is 9.84 Å². The Morgan fingerprint density at radius 1 is 1.62 bits per heavy atom. The third-order valence-electron chi connectivity index (χ3n) is 3.08. The highest BCUT2D eigenvalue weighted by Gasteiger charge is 2.24. The molecule has 1 N–H and O–H groups in total. The average Bonchev–Trinajstić information content (AvgIpc) is 2.62. The number of hydrogen-bond donors (Lipinski definition) is 1. The van der Waals surface area contributed by atoms with Crippen LogP contribution in [0.5, 0.6) is 5.75 Å². The quantitative estimate of drug-likeness (QED) is 0.851. The lowest BCUT2D eigenvalue weighted by molar-refractivity contribution is -0.141. The van der Waals surface area contributed by atoms with Crippen LogP contribution in [0.1, 0.15) is 30.9 Å². The van der Waals surface area contributed by atoms with E-state index >= 15 is 0 Å². The maximum absolute atomic E-state index is 10.8. The Kier molecular flexibility index (Phi) is 2.86. The predicted octanol–water partition coefficient (Wildman–Crippen LogP) is 2.45. The molecule has 16 heavy (non-hydrogen) atoms. The number of rotatable bonds is 3. The summed E-state index contributed by atoms with van der Waals surface area (Å²) in [4.78, 5) is 10.8. The smallest absolute Gasteiger partial charge is 0.306 e. The van der Waals surface area contributed by atoms with Gasteiger partial charge in [0.1, 0.15) is 5.75 Å². The summed E-state index contributed by atoms with van der Waals surface area (Å²) in [5.74, 6) is 0.188. The highest BCUT2D eigenvalue weighted by atomic mass is 16.5. The van der Waals surface area contributed by atoms with E-state index in [2.05, 4.69) is 13.0 Å². The van der Waals surface area contributed by atoms with Crippen molar-refractivity contribution >= 4 is 5.97 Å². The summed E-state index contributed by atoms with van der Waals surface area (Å²) >= 11 is 0. The number of hydrogen-bond acceptors (Lipinski definition) is 2. The predicted molar refractivity (Wildman–Crippen MR) is 60.9 cm³/mol. The third-order valence-corrected chi connectivity index (χ3v) is 3.08. The minimum Gasteiger partial charge on any atom is -0.492 e. The number of carboxylic acid groups (broad SMARTS) is 1. The van der Waals surface area contributed by atoms with Crippen LogP contribution in [0.15, 0.2) is 18.2 Å². The Morgan fingerprint density at radius 3 is 3.06 bits per heavy atom. The number of carboxylic acids is 1. The van der Waals surface area contributed by atoms with E-state index in [1.165, 1.54) is 5.56 Å².